The Bertz CT molecular complexity index is 4900. The molecule has 0 saturated carbocycles. The summed E-state index contributed by atoms with van der Waals surface area (Å²) in [7, 11) is 7.37. The first-order chi connectivity index (χ1) is 55.7. The molecule has 1 aliphatic heterocycles. The zero-order valence-corrected chi connectivity index (χ0v) is 65.3. The summed E-state index contributed by atoms with van der Waals surface area (Å²) in [5.74, 6) is -27.2. The van der Waals surface area contributed by atoms with Crippen LogP contribution in [0.15, 0.2) is 89.5 Å². The minimum atomic E-state index is -2.46. The standard InChI is InChI=1S/C75H85N13O29Se/c1-87(2)39-17-20-42-52(27-39)117-53-28-40(88(3)4)18-21-43(53)64(42)41-19-16-38(26-44(41)73(113)114)65(104)77-25-9-7-10-45(74(115)116)80-67(106)47(30-59(94)95)82-69(108)49(32-61(98)99)84-71(110)51(34-63(102)103)85-70(109)50(33-62(100)101)83-68(107)48(31-60(96)97)81-66(105)46(29-58(92)93)79-56(90)11-6-5-8-24-76-55(89)22-23-57(91)86-75-78-35-54(118-75)36-12-14-37(15-13-36)72(111)112/h12-21,26-28,35,45-51H,5-11,22-25,29-34H2,1-4H3,(H18-,76,77,78,79,80,81,82,83,84,85,86,89,90,91,92,93,94,95,96,97,98,99,100,101,102,103,104,105,106,107,108,109,110,111,112,113,114,115,116)/p+1/t45-,46-,47-,48-,49-,50-,51-/m1/s1. The number of carbonyl (C=O) groups excluding carboxylic acids is 10. The van der Waals surface area contributed by atoms with Gasteiger partial charge in [-0.2, -0.15) is 0 Å². The summed E-state index contributed by atoms with van der Waals surface area (Å²) in [6, 6.07) is 5.33. The van der Waals surface area contributed by atoms with E-state index in [4.69, 9.17) is 9.52 Å². The molecule has 0 saturated heterocycles. The van der Waals surface area contributed by atoms with Crippen LogP contribution in [0.1, 0.15) is 127 Å². The number of aromatic carboxylic acids is 2. The first kappa shape index (κ1) is 92.9. The second-order valence-corrected chi connectivity index (χ2v) is 29.1. The quantitative estimate of drug-likeness (QED) is 0.00956. The van der Waals surface area contributed by atoms with Gasteiger partial charge in [0.25, 0.3) is 5.91 Å². The predicted octanol–water partition coefficient (Wildman–Crippen LogP) is -0.860. The molecular formula is C75H86N13O29Se+. The Morgan fingerprint density at radius 1 is 0.449 bits per heavy atom. The number of hydrogen-bond donors (Lipinski definition) is 19. The summed E-state index contributed by atoms with van der Waals surface area (Å²) in [5.41, 5.74) is 3.14. The summed E-state index contributed by atoms with van der Waals surface area (Å²) < 4.78 is 9.39. The Morgan fingerprint density at radius 2 is 0.907 bits per heavy atom. The largest absolute Gasteiger partial charge is 0.480 e. The summed E-state index contributed by atoms with van der Waals surface area (Å²) in [6.07, 6.45) is -7.26. The first-order valence-electron chi connectivity index (χ1n) is 36.0. The summed E-state index contributed by atoms with van der Waals surface area (Å²) in [6.45, 7) is -0.0406. The number of carboxylic acids is 9. The Labute approximate surface area is 674 Å². The third kappa shape index (κ3) is 28.8. The average molecular weight is 1710 g/mol. The van der Waals surface area contributed by atoms with Gasteiger partial charge in [-0.25, -0.2) is 14.2 Å². The molecule has 630 valence electrons. The fourth-order valence-corrected chi connectivity index (χ4v) is 13.3. The second-order valence-electron chi connectivity index (χ2n) is 27.0. The molecule has 1 aromatic heterocycles. The predicted molar refractivity (Wildman–Crippen MR) is 410 cm³/mol. The fourth-order valence-electron chi connectivity index (χ4n) is 11.6. The third-order valence-corrected chi connectivity index (χ3v) is 19.6. The van der Waals surface area contributed by atoms with Crippen molar-refractivity contribution in [3.63, 3.8) is 0 Å². The zero-order chi connectivity index (χ0) is 87.4. The Hall–Kier alpha value is -14.0. The van der Waals surface area contributed by atoms with Crippen LogP contribution in [-0.4, -0.2) is 262 Å². The zero-order valence-electron chi connectivity index (χ0n) is 63.6. The van der Waals surface area contributed by atoms with Crippen molar-refractivity contribution in [3.05, 3.63) is 107 Å². The van der Waals surface area contributed by atoms with Crippen molar-refractivity contribution in [3.8, 4) is 32.5 Å². The molecule has 6 rings (SSSR count). The van der Waals surface area contributed by atoms with Gasteiger partial charge in [0.2, 0.25) is 46.7 Å². The van der Waals surface area contributed by atoms with E-state index in [1.54, 1.807) is 41.1 Å². The smallest absolute Gasteiger partial charge is 0.336 e. The molecule has 42 nitrogen and oxygen atoms in total. The molecule has 0 spiro atoms. The fraction of sp³-hybridized carbons (Fsp3) is 0.373. The molecule has 7 atom stereocenters. The van der Waals surface area contributed by atoms with E-state index in [2.05, 4.69) is 26.3 Å². The maximum absolute atomic E-state index is 13.8. The number of aliphatic carboxylic acids is 7. The number of aromatic nitrogens is 1. The third-order valence-electron chi connectivity index (χ3n) is 17.6. The number of carbonyl (C=O) groups is 19. The van der Waals surface area contributed by atoms with Crippen LogP contribution >= 0.6 is 0 Å². The van der Waals surface area contributed by atoms with Crippen LogP contribution < -0.4 is 68.0 Å². The molecule has 0 bridgehead atoms. The molecule has 0 radical (unpaired) electrons. The van der Waals surface area contributed by atoms with Gasteiger partial charge in [-0.1, -0.05) is 6.07 Å². The van der Waals surface area contributed by atoms with Gasteiger partial charge >= 0.3 is 211 Å². The van der Waals surface area contributed by atoms with Gasteiger partial charge < -0.3 is 92.7 Å². The van der Waals surface area contributed by atoms with E-state index in [0.29, 0.717) is 39.0 Å². The Morgan fingerprint density at radius 3 is 1.37 bits per heavy atom. The molecule has 19 N–H and O–H groups in total. The van der Waals surface area contributed by atoms with Gasteiger partial charge in [-0.05, 0) is 55.2 Å². The Balaban J connectivity index is 1.01. The maximum Gasteiger partial charge on any atom is 0.336 e. The molecule has 0 fully saturated rings. The van der Waals surface area contributed by atoms with Gasteiger partial charge in [0, 0.05) is 60.5 Å². The Kier molecular flexibility index (Phi) is 34.7. The van der Waals surface area contributed by atoms with Gasteiger partial charge in [0.05, 0.1) is 50.2 Å². The van der Waals surface area contributed by atoms with Crippen LogP contribution in [0.3, 0.4) is 0 Å². The average Bonchev–Trinajstić information content (AvgIpc) is 0.881. The number of nitrogens with one attached hydrogen (secondary N) is 10. The van der Waals surface area contributed by atoms with E-state index in [0.717, 1.165) is 21.0 Å². The van der Waals surface area contributed by atoms with Crippen LogP contribution in [0.5, 0.6) is 0 Å². The molecule has 10 amide bonds. The topological polar surface area (TPSA) is 659 Å². The number of hydrogen-bond acceptors (Lipinski definition) is 22. The molecule has 0 unspecified atom stereocenters. The van der Waals surface area contributed by atoms with Crippen molar-refractivity contribution in [2.45, 2.75) is 139 Å². The van der Waals surface area contributed by atoms with Gasteiger partial charge in [-0.3, -0.25) is 67.1 Å². The maximum atomic E-state index is 13.8. The molecule has 43 heteroatoms. The van der Waals surface area contributed by atoms with Gasteiger partial charge in [0.15, 0.2) is 0 Å². The molecule has 3 aromatic carbocycles. The molecule has 1 aliphatic carbocycles. The van der Waals surface area contributed by atoms with E-state index in [9.17, 15) is 132 Å². The molecule has 2 aliphatic rings. The van der Waals surface area contributed by atoms with Crippen molar-refractivity contribution in [1.82, 2.24) is 57.4 Å². The van der Waals surface area contributed by atoms with Gasteiger partial charge in [0.1, 0.15) is 67.7 Å². The number of fused-ring (bicyclic) bond motifs is 2. The SMILES string of the molecule is CN(C)c1ccc2c(-c3ccc(C(=O)NCCCC[C@@H](NC(=O)[C@@H](CC(=O)O)NC(=O)[C@@H](CC(=O)O)NC(=O)[C@@H](CC(=O)O)NC(=O)[C@@H](CC(=O)O)NC(=O)[C@@H](CC(=O)O)NC(=O)[C@@H](CC(=O)O)NC(=O)CCCCCNC(=O)CCC(=O)Nc4ncc(-c5ccc(C(=O)O)cc5)[se]4)C(=O)O)cc3C(=O)O)c3ccc(=[N+](C)C)cc-3oc2c1. The van der Waals surface area contributed by atoms with Crippen molar-refractivity contribution < 1.29 is 141 Å². The number of nitrogens with zero attached hydrogens (tertiary/aromatic N) is 3. The van der Waals surface area contributed by atoms with E-state index >= 15 is 0 Å². The van der Waals surface area contributed by atoms with Crippen LogP contribution in [0.25, 0.3) is 43.4 Å². The first-order valence-corrected chi connectivity index (χ1v) is 37.8. The van der Waals surface area contributed by atoms with E-state index in [1.807, 2.05) is 83.2 Å². The number of benzene rings is 4. The number of amides is 10. The molecular weight excluding hydrogens is 1630 g/mol. The number of carboxylic acid groups (broad SMARTS) is 9. The van der Waals surface area contributed by atoms with Crippen molar-refractivity contribution in [1.29, 1.82) is 0 Å². The van der Waals surface area contributed by atoms with Crippen LogP contribution in [0.4, 0.5) is 10.4 Å². The minimum Gasteiger partial charge on any atom is -0.480 e. The molecule has 118 heavy (non-hydrogen) atoms. The summed E-state index contributed by atoms with van der Waals surface area (Å²) in [4.78, 5) is 249. The van der Waals surface area contributed by atoms with E-state index in [1.165, 1.54) is 30.3 Å². The second kappa shape index (κ2) is 44.0. The van der Waals surface area contributed by atoms with Crippen LogP contribution in [-0.2, 0) is 76.7 Å². The summed E-state index contributed by atoms with van der Waals surface area (Å²) >= 11 is -0.409. The van der Waals surface area contributed by atoms with Crippen LogP contribution in [0.2, 0.25) is 0 Å². The van der Waals surface area contributed by atoms with Crippen molar-refractivity contribution >= 4 is 149 Å². The van der Waals surface area contributed by atoms with Crippen molar-refractivity contribution in [2.24, 2.45) is 0 Å². The minimum absolute atomic E-state index is 0.0238. The number of rotatable bonds is 47. The monoisotopic (exact) mass is 1710 g/mol. The molecule has 4 aromatic rings. The van der Waals surface area contributed by atoms with Crippen LogP contribution in [0, 0.1) is 0 Å². The number of unbranched alkanes of at least 4 members (excludes halogenated alkanes) is 3. The van der Waals surface area contributed by atoms with Gasteiger partial charge in [-0.15, -0.1) is 0 Å². The summed E-state index contributed by atoms with van der Waals surface area (Å²) in [5, 5.41) is 111. The van der Waals surface area contributed by atoms with E-state index < -0.39 is 215 Å². The normalized spacial score (nSPS) is 12.7. The number of anilines is 2. The van der Waals surface area contributed by atoms with E-state index in [-0.39, 0.29) is 80.3 Å². The molecule has 2 heterocycles. The van der Waals surface area contributed by atoms with Crippen molar-refractivity contribution in [2.75, 3.05) is 51.5 Å².